The Morgan fingerprint density at radius 1 is 1.00 bits per heavy atom. The van der Waals surface area contributed by atoms with Gasteiger partial charge in [-0.3, -0.25) is 5.32 Å². The van der Waals surface area contributed by atoms with Gasteiger partial charge in [-0.05, 0) is 5.56 Å². The van der Waals surface area contributed by atoms with Crippen LogP contribution in [-0.2, 0) is 14.3 Å². The van der Waals surface area contributed by atoms with Crippen molar-refractivity contribution in [3.05, 3.63) is 35.9 Å². The van der Waals surface area contributed by atoms with E-state index in [0.29, 0.717) is 19.8 Å². The van der Waals surface area contributed by atoms with Crippen molar-refractivity contribution in [2.75, 3.05) is 26.3 Å². The lowest BCUT2D eigenvalue weighted by Gasteiger charge is -2.22. The second-order valence-electron chi connectivity index (χ2n) is 4.03. The first kappa shape index (κ1) is 13.4. The van der Waals surface area contributed by atoms with Gasteiger partial charge in [0.2, 0.25) is 0 Å². The van der Waals surface area contributed by atoms with E-state index in [1.807, 2.05) is 30.3 Å². The van der Waals surface area contributed by atoms with Crippen LogP contribution in [0.1, 0.15) is 11.6 Å². The van der Waals surface area contributed by atoms with Crippen LogP contribution in [-0.4, -0.2) is 38.4 Å². The maximum absolute atomic E-state index is 11.3. The quantitative estimate of drug-likeness (QED) is 0.726. The Morgan fingerprint density at radius 3 is 2.26 bits per heavy atom. The lowest BCUT2D eigenvalue weighted by atomic mass is 10.1. The van der Waals surface area contributed by atoms with E-state index < -0.39 is 0 Å². The molecule has 6 nitrogen and oxygen atoms in total. The molecule has 0 radical (unpaired) electrons. The monoisotopic (exact) mass is 264 g/mol. The first-order valence-corrected chi connectivity index (χ1v) is 6.13. The molecule has 0 aliphatic carbocycles. The highest BCUT2D eigenvalue weighted by atomic mass is 16.6. The van der Waals surface area contributed by atoms with Gasteiger partial charge in [0, 0.05) is 6.54 Å². The van der Waals surface area contributed by atoms with Gasteiger partial charge in [0.15, 0.2) is 0 Å². The molecule has 3 rings (SSSR count). The molecule has 1 atom stereocenters. The Labute approximate surface area is 111 Å². The van der Waals surface area contributed by atoms with E-state index in [0.717, 1.165) is 12.1 Å². The van der Waals surface area contributed by atoms with Crippen molar-refractivity contribution < 1.29 is 19.1 Å². The Kier molecular flexibility index (Phi) is 4.74. The predicted molar refractivity (Wildman–Crippen MR) is 67.5 cm³/mol. The van der Waals surface area contributed by atoms with E-state index in [1.165, 1.54) is 0 Å². The first-order valence-electron chi connectivity index (χ1n) is 6.13. The number of amides is 1. The van der Waals surface area contributed by atoms with E-state index in [2.05, 4.69) is 15.4 Å². The molecule has 102 valence electrons. The molecular weight excluding hydrogens is 248 g/mol. The van der Waals surface area contributed by atoms with Crippen molar-refractivity contribution in [3.8, 4) is 0 Å². The summed E-state index contributed by atoms with van der Waals surface area (Å²) < 4.78 is 9.35. The first-order chi connectivity index (χ1) is 9.27. The molecule has 19 heavy (non-hydrogen) atoms. The number of benzene rings is 1. The Hall–Kier alpha value is -2.08. The zero-order chi connectivity index (χ0) is 13.5. The second kappa shape index (κ2) is 6.75. The van der Waals surface area contributed by atoms with E-state index in [9.17, 15) is 9.59 Å². The smallest absolute Gasteiger partial charge is 0.407 e. The molecule has 2 aliphatic heterocycles. The van der Waals surface area contributed by atoms with Crippen molar-refractivity contribution in [1.29, 1.82) is 0 Å². The summed E-state index contributed by atoms with van der Waals surface area (Å²) in [6, 6.07) is 9.32. The van der Waals surface area contributed by atoms with E-state index in [1.54, 1.807) is 0 Å². The maximum Gasteiger partial charge on any atom is 0.407 e. The number of nitrogens with one attached hydrogen (secondary N) is 2. The number of carbonyl (C=O) groups excluding carboxylic acids is 2. The summed E-state index contributed by atoms with van der Waals surface area (Å²) in [6.45, 7) is 2.39. The number of morpholine rings is 1. The van der Waals surface area contributed by atoms with Crippen LogP contribution in [0.5, 0.6) is 0 Å². The minimum Gasteiger partial charge on any atom is -0.463 e. The van der Waals surface area contributed by atoms with Gasteiger partial charge in [0.05, 0.1) is 6.54 Å². The molecule has 0 spiro atoms. The number of alkyl carbamates (subject to hydrolysis) is 1. The van der Waals surface area contributed by atoms with E-state index in [4.69, 9.17) is 4.74 Å². The van der Waals surface area contributed by atoms with Gasteiger partial charge in [0.1, 0.15) is 19.3 Å². The van der Waals surface area contributed by atoms with Crippen molar-refractivity contribution in [1.82, 2.24) is 10.6 Å². The molecular formula is C13H16N2O4. The van der Waals surface area contributed by atoms with Crippen LogP contribution < -0.4 is 10.6 Å². The molecule has 0 bridgehead atoms. The predicted octanol–water partition coefficient (Wildman–Crippen LogP) is 0.600. The topological polar surface area (TPSA) is 76.7 Å². The zero-order valence-electron chi connectivity index (χ0n) is 10.4. The number of hydrogen-bond donors (Lipinski definition) is 2. The van der Waals surface area contributed by atoms with Crippen LogP contribution in [0.2, 0.25) is 0 Å². The zero-order valence-corrected chi connectivity index (χ0v) is 10.4. The Balaban J connectivity index is 0.000000186. The van der Waals surface area contributed by atoms with Crippen molar-refractivity contribution in [3.63, 3.8) is 0 Å². The molecule has 1 aromatic carbocycles. The molecule has 2 saturated heterocycles. The van der Waals surface area contributed by atoms with Gasteiger partial charge in [-0.2, -0.15) is 0 Å². The van der Waals surface area contributed by atoms with Crippen LogP contribution in [0, 0.1) is 0 Å². The van der Waals surface area contributed by atoms with Crippen molar-refractivity contribution >= 4 is 12.1 Å². The van der Waals surface area contributed by atoms with Crippen molar-refractivity contribution in [2.24, 2.45) is 0 Å². The van der Waals surface area contributed by atoms with Crippen LogP contribution in [0.4, 0.5) is 4.79 Å². The fourth-order valence-electron chi connectivity index (χ4n) is 1.77. The number of cyclic esters (lactones) is 2. The molecule has 2 heterocycles. The molecule has 2 N–H and O–H groups in total. The number of hydrogen-bond acceptors (Lipinski definition) is 5. The summed E-state index contributed by atoms with van der Waals surface area (Å²) in [7, 11) is 0. The van der Waals surface area contributed by atoms with Gasteiger partial charge in [-0.25, -0.2) is 9.59 Å². The van der Waals surface area contributed by atoms with E-state index >= 15 is 0 Å². The summed E-state index contributed by atoms with van der Waals surface area (Å²) in [6.07, 6.45) is -0.296. The summed E-state index contributed by atoms with van der Waals surface area (Å²) in [5.74, 6) is -0.183. The lowest BCUT2D eigenvalue weighted by molar-refractivity contribution is -0.149. The summed E-state index contributed by atoms with van der Waals surface area (Å²) in [5, 5.41) is 5.57. The average molecular weight is 264 g/mol. The molecule has 1 unspecified atom stereocenters. The maximum atomic E-state index is 11.3. The molecule has 2 fully saturated rings. The Bertz CT molecular complexity index is 428. The number of rotatable bonds is 1. The van der Waals surface area contributed by atoms with Gasteiger partial charge in [0.25, 0.3) is 0 Å². The molecule has 1 amide bonds. The van der Waals surface area contributed by atoms with Crippen LogP contribution in [0.25, 0.3) is 0 Å². The second-order valence-corrected chi connectivity index (χ2v) is 4.03. The normalized spacial score (nSPS) is 21.6. The van der Waals surface area contributed by atoms with E-state index in [-0.39, 0.29) is 18.1 Å². The van der Waals surface area contributed by atoms with Crippen molar-refractivity contribution in [2.45, 2.75) is 6.04 Å². The number of carbonyl (C=O) groups is 2. The highest BCUT2D eigenvalue weighted by Crippen LogP contribution is 2.15. The highest BCUT2D eigenvalue weighted by Gasteiger charge is 2.24. The SMILES string of the molecule is O=C1NCCO1.O=C1OCCNC1c1ccccc1. The minimum atomic E-state index is -0.296. The standard InChI is InChI=1S/C10H11NO2.C3H5NO2/c12-10-9(11-6-7-13-10)8-4-2-1-3-5-8;5-3-4-1-2-6-3/h1-5,9,11H,6-7H2;1-2H2,(H,4,5). The van der Waals surface area contributed by atoms with Gasteiger partial charge in [-0.15, -0.1) is 0 Å². The van der Waals surface area contributed by atoms with Gasteiger partial charge >= 0.3 is 12.1 Å². The fraction of sp³-hybridized carbons (Fsp3) is 0.385. The van der Waals surface area contributed by atoms with Crippen LogP contribution >= 0.6 is 0 Å². The summed E-state index contributed by atoms with van der Waals surface area (Å²) in [4.78, 5) is 21.2. The molecule has 1 aromatic rings. The third kappa shape index (κ3) is 3.96. The molecule has 6 heteroatoms. The average Bonchev–Trinajstić information content (AvgIpc) is 2.92. The molecule has 0 aromatic heterocycles. The van der Waals surface area contributed by atoms with Gasteiger partial charge < -0.3 is 14.8 Å². The third-order valence-corrected chi connectivity index (χ3v) is 2.67. The summed E-state index contributed by atoms with van der Waals surface area (Å²) >= 11 is 0. The lowest BCUT2D eigenvalue weighted by Crippen LogP contribution is -2.38. The highest BCUT2D eigenvalue weighted by molar-refractivity contribution is 5.78. The summed E-state index contributed by atoms with van der Waals surface area (Å²) in [5.41, 5.74) is 0.965. The number of ether oxygens (including phenoxy) is 2. The largest absolute Gasteiger partial charge is 0.463 e. The van der Waals surface area contributed by atoms with Crippen LogP contribution in [0.15, 0.2) is 30.3 Å². The minimum absolute atomic E-state index is 0.183. The van der Waals surface area contributed by atoms with Gasteiger partial charge in [-0.1, -0.05) is 30.3 Å². The molecule has 0 saturated carbocycles. The van der Waals surface area contributed by atoms with Crippen LogP contribution in [0.3, 0.4) is 0 Å². The number of esters is 1. The fourth-order valence-corrected chi connectivity index (χ4v) is 1.77. The third-order valence-electron chi connectivity index (χ3n) is 2.67. The Morgan fingerprint density at radius 2 is 1.74 bits per heavy atom. The molecule has 2 aliphatic rings.